The molecule has 0 amide bonds. The Morgan fingerprint density at radius 1 is 1.21 bits per heavy atom. The molecular weight excluding hydrogens is 436 g/mol. The van der Waals surface area contributed by atoms with E-state index in [9.17, 15) is 5.11 Å². The number of benzene rings is 1. The minimum absolute atomic E-state index is 0.425. The van der Waals surface area contributed by atoms with Crippen LogP contribution in [0.1, 0.15) is 43.7 Å². The van der Waals surface area contributed by atoms with Gasteiger partial charge in [-0.15, -0.1) is 0 Å². The third-order valence-electron chi connectivity index (χ3n) is 4.56. The van der Waals surface area contributed by atoms with Crippen molar-refractivity contribution in [2.75, 3.05) is 0 Å². The van der Waals surface area contributed by atoms with Gasteiger partial charge in [0.25, 0.3) is 0 Å². The molecule has 0 radical (unpaired) electrons. The van der Waals surface area contributed by atoms with Crippen LogP contribution < -0.4 is 5.19 Å². The molecule has 1 aliphatic rings. The van der Waals surface area contributed by atoms with Gasteiger partial charge in [0.2, 0.25) is 0 Å². The van der Waals surface area contributed by atoms with Crippen molar-refractivity contribution in [2.45, 2.75) is 65.2 Å². The molecule has 2 nitrogen and oxygen atoms in total. The molecule has 1 aromatic carbocycles. The third kappa shape index (κ3) is 6.94. The van der Waals surface area contributed by atoms with Gasteiger partial charge < -0.3 is 5.11 Å². The molecule has 0 aliphatic heterocycles. The molecule has 6 heteroatoms. The topological polar surface area (TPSA) is 32.6 Å². The molecule has 1 N–H and O–H groups in total. The molecule has 2 rings (SSSR count). The van der Waals surface area contributed by atoms with Gasteiger partial charge in [-0.1, -0.05) is 51.0 Å². The number of hydrogen-bond acceptors (Lipinski definition) is 2. The molecule has 0 heterocycles. The average molecular weight is 466 g/mol. The van der Waals surface area contributed by atoms with Gasteiger partial charge >= 0.3 is 37.9 Å². The molecule has 1 aliphatic carbocycles. The Hall–Kier alpha value is 0.370. The van der Waals surface area contributed by atoms with Gasteiger partial charge in [0.15, 0.2) is 0 Å². The minimum atomic E-state index is -1.53. The molecule has 0 spiro atoms. The number of nitrogens with zero attached hydrogens (tertiary/aromatic N) is 1. The SMILES string of the molecule is Cc1cc(C=NC2CCCCC2C)c(O)c([Si](C)(C)C)c1.[Cl][Zr][Cl]. The second-order valence-electron chi connectivity index (χ2n) is 7.68. The fraction of sp³-hybridized carbons (Fsp3) is 0.611. The molecule has 24 heavy (non-hydrogen) atoms. The summed E-state index contributed by atoms with van der Waals surface area (Å²) in [6.45, 7) is 11.2. The van der Waals surface area contributed by atoms with Gasteiger partial charge in [0.05, 0.1) is 14.1 Å². The predicted molar refractivity (Wildman–Crippen MR) is 107 cm³/mol. The Balaban J connectivity index is 0.000000891. The molecule has 0 bridgehead atoms. The first-order chi connectivity index (χ1) is 11.2. The number of aromatic hydroxyl groups is 1. The monoisotopic (exact) mass is 463 g/mol. The van der Waals surface area contributed by atoms with E-state index in [1.165, 1.54) is 31.2 Å². The summed E-state index contributed by atoms with van der Waals surface area (Å²) >= 11 is -0.826. The van der Waals surface area contributed by atoms with Crippen molar-refractivity contribution in [3.05, 3.63) is 23.3 Å². The van der Waals surface area contributed by atoms with Crippen LogP contribution in [0.3, 0.4) is 0 Å². The van der Waals surface area contributed by atoms with E-state index >= 15 is 0 Å². The number of rotatable bonds is 3. The molecule has 1 saturated carbocycles. The number of hydrogen-bond donors (Lipinski definition) is 1. The van der Waals surface area contributed by atoms with Crippen molar-refractivity contribution in [3.63, 3.8) is 0 Å². The van der Waals surface area contributed by atoms with Crippen LogP contribution in [0.15, 0.2) is 17.1 Å². The normalized spacial score (nSPS) is 21.3. The van der Waals surface area contributed by atoms with E-state index in [1.807, 2.05) is 6.21 Å². The summed E-state index contributed by atoms with van der Waals surface area (Å²) in [5.41, 5.74) is 2.11. The first-order valence-electron chi connectivity index (χ1n) is 8.54. The van der Waals surface area contributed by atoms with Crippen LogP contribution >= 0.6 is 17.0 Å². The van der Waals surface area contributed by atoms with Crippen molar-refractivity contribution in [3.8, 4) is 5.75 Å². The maximum absolute atomic E-state index is 10.6. The molecule has 1 fully saturated rings. The average Bonchev–Trinajstić information content (AvgIpc) is 2.49. The van der Waals surface area contributed by atoms with Crippen molar-refractivity contribution >= 4 is 36.5 Å². The number of phenols is 1. The summed E-state index contributed by atoms with van der Waals surface area (Å²) in [5.74, 6) is 1.12. The third-order valence-corrected chi connectivity index (χ3v) is 6.56. The summed E-state index contributed by atoms with van der Waals surface area (Å²) in [5, 5.41) is 11.7. The molecule has 2 unspecified atom stereocenters. The van der Waals surface area contributed by atoms with E-state index in [-0.39, 0.29) is 0 Å². The van der Waals surface area contributed by atoms with E-state index in [0.29, 0.717) is 17.7 Å². The molecule has 2 atom stereocenters. The molecule has 1 aromatic rings. The number of halogens is 2. The van der Waals surface area contributed by atoms with Gasteiger partial charge in [-0.2, -0.15) is 0 Å². The van der Waals surface area contributed by atoms with Crippen LogP contribution in [0.5, 0.6) is 5.75 Å². The molecular formula is C18H29Cl2NOSiZr. The zero-order valence-electron chi connectivity index (χ0n) is 15.4. The first kappa shape index (κ1) is 22.4. The number of aryl methyl sites for hydroxylation is 1. The Kier molecular flexibility index (Phi) is 9.81. The van der Waals surface area contributed by atoms with Gasteiger partial charge in [-0.3, -0.25) is 4.99 Å². The Morgan fingerprint density at radius 2 is 1.79 bits per heavy atom. The fourth-order valence-electron chi connectivity index (χ4n) is 3.17. The van der Waals surface area contributed by atoms with Crippen molar-refractivity contribution in [1.82, 2.24) is 0 Å². The van der Waals surface area contributed by atoms with Crippen LogP contribution in [0.25, 0.3) is 0 Å². The Labute approximate surface area is 166 Å². The van der Waals surface area contributed by atoms with Crippen molar-refractivity contribution in [2.24, 2.45) is 10.9 Å². The zero-order valence-corrected chi connectivity index (χ0v) is 20.3. The number of aliphatic imine (C=N–C) groups is 1. The molecule has 134 valence electrons. The van der Waals surface area contributed by atoms with Crippen molar-refractivity contribution in [1.29, 1.82) is 0 Å². The van der Waals surface area contributed by atoms with E-state index in [2.05, 4.69) is 45.6 Å². The summed E-state index contributed by atoms with van der Waals surface area (Å²) < 4.78 is 0. The Morgan fingerprint density at radius 3 is 2.33 bits per heavy atom. The second-order valence-corrected chi connectivity index (χ2v) is 16.4. The zero-order chi connectivity index (χ0) is 18.3. The summed E-state index contributed by atoms with van der Waals surface area (Å²) in [6.07, 6.45) is 7.00. The second kappa shape index (κ2) is 10.5. The summed E-state index contributed by atoms with van der Waals surface area (Å²) in [6, 6.07) is 4.62. The molecule has 0 saturated heterocycles. The Bertz CT molecular complexity index is 561. The van der Waals surface area contributed by atoms with Crippen LogP contribution in [-0.4, -0.2) is 25.4 Å². The summed E-state index contributed by atoms with van der Waals surface area (Å²) in [7, 11) is 8.33. The first-order valence-corrected chi connectivity index (χ1v) is 18.4. The van der Waals surface area contributed by atoms with Gasteiger partial charge in [-0.05, 0) is 36.9 Å². The van der Waals surface area contributed by atoms with E-state index < -0.39 is 28.9 Å². The van der Waals surface area contributed by atoms with Crippen LogP contribution in [0.4, 0.5) is 0 Å². The van der Waals surface area contributed by atoms with Gasteiger partial charge in [0.1, 0.15) is 5.75 Å². The standard InChI is InChI=1S/C18H29NOSi.2ClH.Zr/c1-13-10-15(18(20)17(11-13)21(3,4)5)12-19-16-9-7-6-8-14(16)2;;;/h10-12,14,16,20H,6-9H2,1-5H3;2*1H;/q;;;+2/p-2. The van der Waals surface area contributed by atoms with E-state index in [0.717, 1.165) is 10.8 Å². The fourth-order valence-corrected chi connectivity index (χ4v) is 4.69. The summed E-state index contributed by atoms with van der Waals surface area (Å²) in [4.78, 5) is 4.79. The van der Waals surface area contributed by atoms with Crippen LogP contribution in [0.2, 0.25) is 19.6 Å². The predicted octanol–water partition coefficient (Wildman–Crippen LogP) is 5.62. The van der Waals surface area contributed by atoms with Gasteiger partial charge in [-0.25, -0.2) is 0 Å². The van der Waals surface area contributed by atoms with E-state index in [4.69, 9.17) is 22.0 Å². The van der Waals surface area contributed by atoms with Crippen molar-refractivity contribution < 1.29 is 26.0 Å². The van der Waals surface area contributed by atoms with Crippen LogP contribution in [-0.2, 0) is 20.8 Å². The quantitative estimate of drug-likeness (QED) is 0.456. The van der Waals surface area contributed by atoms with Crippen LogP contribution in [0, 0.1) is 12.8 Å². The maximum atomic E-state index is 10.6. The number of phenolic OH excluding ortho intramolecular Hbond substituents is 1. The van der Waals surface area contributed by atoms with Gasteiger partial charge in [0, 0.05) is 11.8 Å². The van der Waals surface area contributed by atoms with E-state index in [1.54, 1.807) is 0 Å². The molecule has 0 aromatic heterocycles.